The Bertz CT molecular complexity index is 703. The number of sulfonamides is 1. The van der Waals surface area contributed by atoms with Crippen LogP contribution in [0.1, 0.15) is 29.5 Å². The van der Waals surface area contributed by atoms with Gasteiger partial charge in [-0.2, -0.15) is 0 Å². The van der Waals surface area contributed by atoms with E-state index in [9.17, 15) is 8.42 Å². The van der Waals surface area contributed by atoms with Crippen LogP contribution < -0.4 is 10.0 Å². The van der Waals surface area contributed by atoms with E-state index < -0.39 is 10.0 Å². The van der Waals surface area contributed by atoms with E-state index in [0.29, 0.717) is 17.5 Å². The summed E-state index contributed by atoms with van der Waals surface area (Å²) in [4.78, 5) is 5.18. The minimum Gasteiger partial charge on any atom is -0.346 e. The van der Waals surface area contributed by atoms with Crippen LogP contribution in [0.3, 0.4) is 0 Å². The highest BCUT2D eigenvalue weighted by atomic mass is 32.2. The first-order chi connectivity index (χ1) is 10.1. The third-order valence-corrected chi connectivity index (χ3v) is 5.58. The average molecular weight is 326 g/mol. The number of hydrogen-bond donors (Lipinski definition) is 2. The molecule has 2 aromatic heterocycles. The molecular weight excluding hydrogens is 308 g/mol. The maximum Gasteiger partial charge on any atom is 0.242 e. The van der Waals surface area contributed by atoms with Crippen molar-refractivity contribution in [1.82, 2.24) is 19.6 Å². The first-order valence-electron chi connectivity index (χ1n) is 6.82. The number of nitrogens with one attached hydrogen (secondary N) is 2. The second-order valence-electron chi connectivity index (χ2n) is 5.13. The second kappa shape index (κ2) is 5.88. The topological polar surface area (TPSA) is 76.0 Å². The smallest absolute Gasteiger partial charge is 0.242 e. The molecule has 6 nitrogen and oxygen atoms in total. The zero-order valence-corrected chi connectivity index (χ0v) is 13.4. The predicted octanol–water partition coefficient (Wildman–Crippen LogP) is 1.48. The van der Waals surface area contributed by atoms with Crippen LogP contribution in [0, 0.1) is 0 Å². The Morgan fingerprint density at radius 3 is 2.86 bits per heavy atom. The van der Waals surface area contributed by atoms with Crippen molar-refractivity contribution in [2.75, 3.05) is 7.05 Å². The monoisotopic (exact) mass is 326 g/mol. The highest BCUT2D eigenvalue weighted by Gasteiger charge is 2.28. The van der Waals surface area contributed by atoms with Crippen molar-refractivity contribution in [3.05, 3.63) is 34.5 Å². The van der Waals surface area contributed by atoms with E-state index in [2.05, 4.69) is 19.6 Å². The Morgan fingerprint density at radius 2 is 2.24 bits per heavy atom. The minimum atomic E-state index is -3.48. The van der Waals surface area contributed by atoms with Gasteiger partial charge in [-0.1, -0.05) is 0 Å². The van der Waals surface area contributed by atoms with E-state index in [-0.39, 0.29) is 6.54 Å². The molecule has 2 heterocycles. The van der Waals surface area contributed by atoms with Gasteiger partial charge in [-0.15, -0.1) is 11.3 Å². The zero-order valence-electron chi connectivity index (χ0n) is 11.7. The Morgan fingerprint density at radius 1 is 1.43 bits per heavy atom. The number of nitrogens with zero attached hydrogens (tertiary/aromatic N) is 2. The summed E-state index contributed by atoms with van der Waals surface area (Å²) in [5.74, 6) is 0. The summed E-state index contributed by atoms with van der Waals surface area (Å²) in [7, 11) is -1.62. The summed E-state index contributed by atoms with van der Waals surface area (Å²) in [5, 5.41) is 3.08. The van der Waals surface area contributed by atoms with Gasteiger partial charge in [0.25, 0.3) is 0 Å². The first kappa shape index (κ1) is 14.7. The van der Waals surface area contributed by atoms with Gasteiger partial charge in [-0.05, 0) is 26.0 Å². The van der Waals surface area contributed by atoms with E-state index >= 15 is 0 Å². The lowest BCUT2D eigenvalue weighted by atomic mass is 10.4. The van der Waals surface area contributed by atoms with E-state index in [1.54, 1.807) is 24.0 Å². The van der Waals surface area contributed by atoms with E-state index in [4.69, 9.17) is 0 Å². The third kappa shape index (κ3) is 3.34. The molecule has 1 saturated carbocycles. The minimum absolute atomic E-state index is 0.281. The Hall–Kier alpha value is -1.22. The van der Waals surface area contributed by atoms with Gasteiger partial charge in [0.05, 0.1) is 10.4 Å². The fourth-order valence-electron chi connectivity index (χ4n) is 2.24. The summed E-state index contributed by atoms with van der Waals surface area (Å²) in [6.45, 7) is 0.948. The molecule has 0 radical (unpaired) electrons. The summed E-state index contributed by atoms with van der Waals surface area (Å²) >= 11 is 1.44. The SMILES string of the molecule is CNCc1cc(S(=O)(=O)NCc2cncs2)cn1C1CC1. The van der Waals surface area contributed by atoms with E-state index in [0.717, 1.165) is 23.4 Å². The first-order valence-corrected chi connectivity index (χ1v) is 9.19. The molecule has 1 aliphatic carbocycles. The molecule has 1 fully saturated rings. The Kier molecular flexibility index (Phi) is 4.12. The third-order valence-electron chi connectivity index (χ3n) is 3.44. The van der Waals surface area contributed by atoms with Gasteiger partial charge in [-0.3, -0.25) is 4.98 Å². The zero-order chi connectivity index (χ0) is 14.9. The molecule has 0 aliphatic heterocycles. The van der Waals surface area contributed by atoms with Crippen LogP contribution in [0.2, 0.25) is 0 Å². The van der Waals surface area contributed by atoms with Crippen molar-refractivity contribution in [1.29, 1.82) is 0 Å². The van der Waals surface area contributed by atoms with Gasteiger partial charge < -0.3 is 9.88 Å². The molecule has 0 amide bonds. The Labute approximate surface area is 128 Å². The van der Waals surface area contributed by atoms with Crippen molar-refractivity contribution in [2.24, 2.45) is 0 Å². The molecule has 0 bridgehead atoms. The van der Waals surface area contributed by atoms with Gasteiger partial charge in [0.1, 0.15) is 0 Å². The molecule has 2 N–H and O–H groups in total. The summed E-state index contributed by atoms with van der Waals surface area (Å²) < 4.78 is 29.5. The number of rotatable bonds is 7. The largest absolute Gasteiger partial charge is 0.346 e. The molecule has 1 aliphatic rings. The molecule has 114 valence electrons. The lowest BCUT2D eigenvalue weighted by Gasteiger charge is -2.05. The van der Waals surface area contributed by atoms with E-state index in [1.165, 1.54) is 11.3 Å². The van der Waals surface area contributed by atoms with Gasteiger partial charge in [0.15, 0.2) is 0 Å². The molecule has 0 aromatic carbocycles. The predicted molar refractivity (Wildman–Crippen MR) is 81.6 cm³/mol. The lowest BCUT2D eigenvalue weighted by Crippen LogP contribution is -2.22. The van der Waals surface area contributed by atoms with Crippen LogP contribution in [0.4, 0.5) is 0 Å². The lowest BCUT2D eigenvalue weighted by molar-refractivity contribution is 0.581. The van der Waals surface area contributed by atoms with Gasteiger partial charge in [0.2, 0.25) is 10.0 Å². The van der Waals surface area contributed by atoms with Crippen LogP contribution in [-0.4, -0.2) is 25.0 Å². The van der Waals surface area contributed by atoms with Crippen molar-refractivity contribution in [3.8, 4) is 0 Å². The molecule has 3 rings (SSSR count). The standard InChI is InChI=1S/C13H18N4O2S2/c1-14-5-11-4-13(8-17(11)10-2-3-10)21(18,19)16-7-12-6-15-9-20-12/h4,6,8-10,14,16H,2-3,5,7H2,1H3. The number of thiazole rings is 1. The molecular formula is C13H18N4O2S2. The van der Waals surface area contributed by atoms with Crippen LogP contribution in [0.5, 0.6) is 0 Å². The van der Waals surface area contributed by atoms with Crippen LogP contribution in [0.15, 0.2) is 28.9 Å². The van der Waals surface area contributed by atoms with Crippen molar-refractivity contribution < 1.29 is 8.42 Å². The highest BCUT2D eigenvalue weighted by molar-refractivity contribution is 7.89. The summed E-state index contributed by atoms with van der Waals surface area (Å²) in [6.07, 6.45) is 5.67. The van der Waals surface area contributed by atoms with Gasteiger partial charge in [-0.25, -0.2) is 13.1 Å². The molecule has 0 unspecified atom stereocenters. The summed E-state index contributed by atoms with van der Waals surface area (Å²) in [6, 6.07) is 2.21. The van der Waals surface area contributed by atoms with Gasteiger partial charge >= 0.3 is 0 Å². The molecule has 0 saturated heterocycles. The molecule has 8 heteroatoms. The van der Waals surface area contributed by atoms with Crippen molar-refractivity contribution in [2.45, 2.75) is 36.9 Å². The quantitative estimate of drug-likeness (QED) is 0.808. The van der Waals surface area contributed by atoms with Crippen LogP contribution >= 0.6 is 11.3 Å². The highest BCUT2D eigenvalue weighted by Crippen LogP contribution is 2.37. The average Bonchev–Trinajstić information content (AvgIpc) is 3.00. The molecule has 0 spiro atoms. The maximum absolute atomic E-state index is 12.4. The maximum atomic E-state index is 12.4. The van der Waals surface area contributed by atoms with Gasteiger partial charge in [0, 0.05) is 42.1 Å². The fraction of sp³-hybridized carbons (Fsp3) is 0.462. The van der Waals surface area contributed by atoms with Crippen LogP contribution in [-0.2, 0) is 23.1 Å². The summed E-state index contributed by atoms with van der Waals surface area (Å²) in [5.41, 5.74) is 2.70. The fourth-order valence-corrected chi connectivity index (χ4v) is 3.92. The Balaban J connectivity index is 1.79. The molecule has 21 heavy (non-hydrogen) atoms. The molecule has 2 aromatic rings. The van der Waals surface area contributed by atoms with Crippen molar-refractivity contribution >= 4 is 21.4 Å². The normalized spacial score (nSPS) is 15.5. The van der Waals surface area contributed by atoms with Crippen LogP contribution in [0.25, 0.3) is 0 Å². The van der Waals surface area contributed by atoms with Crippen molar-refractivity contribution in [3.63, 3.8) is 0 Å². The second-order valence-corrected chi connectivity index (χ2v) is 7.87. The number of hydrogen-bond acceptors (Lipinski definition) is 5. The van der Waals surface area contributed by atoms with E-state index in [1.807, 2.05) is 7.05 Å². The molecule has 0 atom stereocenters. The number of aromatic nitrogens is 2.